The van der Waals surface area contributed by atoms with Gasteiger partial charge >= 0.3 is 5.97 Å². The Kier molecular flexibility index (Phi) is 42.4. The molecule has 0 aliphatic heterocycles. The summed E-state index contributed by atoms with van der Waals surface area (Å²) >= 11 is 8.71. The van der Waals surface area contributed by atoms with Gasteiger partial charge in [0.2, 0.25) is 0 Å². The van der Waals surface area contributed by atoms with E-state index >= 15 is 0 Å². The van der Waals surface area contributed by atoms with Crippen LogP contribution in [0.5, 0.6) is 34.5 Å². The number of aliphatic hydroxyl groups is 3. The summed E-state index contributed by atoms with van der Waals surface area (Å²) in [6.45, 7) is 16.7. The van der Waals surface area contributed by atoms with Gasteiger partial charge in [-0.3, -0.25) is 14.4 Å². The minimum absolute atomic E-state index is 0. The fourth-order valence-corrected chi connectivity index (χ4v) is 18.2. The average molecular weight is 1970 g/mol. The molecule has 28 heteroatoms. The second-order valence-corrected chi connectivity index (χ2v) is 35.4. The number of carbonyl (C=O) groups excluding carboxylic acids is 3. The predicted molar refractivity (Wildman–Crippen MR) is 545 cm³/mol. The molecule has 712 valence electrons. The maximum Gasteiger partial charge on any atom is 0.335 e. The van der Waals surface area contributed by atoms with Gasteiger partial charge in [-0.15, -0.1) is 45.3 Å². The van der Waals surface area contributed by atoms with E-state index in [0.29, 0.717) is 116 Å². The van der Waals surface area contributed by atoms with Crippen molar-refractivity contribution >= 4 is 125 Å². The SMILES string of the molecule is C.C.C.C.C.CC(C)c1cc(-c2csc3c(F)cccc23)nc(C(O)CBr)c1.CC(C)c1cc(-c2csc3c(F)cccc23)nc(C(O)CN)c1.COc1ccc(C(=O)CCC(=O)c2cc(C(C)C)cc(-c3csc4c(F)cccc34)n2)cc1OC.COc1ccc(C(=O)CCC(O)c2cc(C(C)C)cc(-c3csc4c(F)cccc34)n2)cc1OC.COc1ccc(C(=O)O)cc1OC. The van der Waals surface area contributed by atoms with Gasteiger partial charge in [0.05, 0.1) is 113 Å². The van der Waals surface area contributed by atoms with Crippen LogP contribution in [0.15, 0.2) is 197 Å². The van der Waals surface area contributed by atoms with Crippen molar-refractivity contribution in [3.63, 3.8) is 0 Å². The molecule has 0 aliphatic rings. The second-order valence-electron chi connectivity index (χ2n) is 31.2. The van der Waals surface area contributed by atoms with E-state index in [1.54, 1.807) is 72.8 Å². The summed E-state index contributed by atoms with van der Waals surface area (Å²) in [6.07, 6.45) is -1.93. The van der Waals surface area contributed by atoms with Gasteiger partial charge in [0.1, 0.15) is 41.2 Å². The van der Waals surface area contributed by atoms with Gasteiger partial charge in [0.25, 0.3) is 0 Å². The van der Waals surface area contributed by atoms with E-state index < -0.39 is 24.3 Å². The second kappa shape index (κ2) is 51.1. The molecule has 6 N–H and O–H groups in total. The molecule has 8 aromatic heterocycles. The number of halogens is 5. The summed E-state index contributed by atoms with van der Waals surface area (Å²) in [5, 5.41) is 51.2. The fourth-order valence-electron chi connectivity index (χ4n) is 13.9. The van der Waals surface area contributed by atoms with Crippen LogP contribution in [0.4, 0.5) is 17.6 Å². The molecule has 0 amide bonds. The molecule has 7 aromatic carbocycles. The number of aromatic nitrogens is 4. The number of hydrogen-bond acceptors (Lipinski definition) is 22. The molecule has 15 rings (SSSR count). The normalized spacial score (nSPS) is 11.5. The molecular formula is C106H120BrF4N5O14S4. The van der Waals surface area contributed by atoms with Crippen LogP contribution in [0.1, 0.15) is 241 Å². The predicted octanol–water partition coefficient (Wildman–Crippen LogP) is 28.5. The first-order chi connectivity index (χ1) is 61.8. The summed E-state index contributed by atoms with van der Waals surface area (Å²) in [6, 6.07) is 50.0. The molecular weight excluding hydrogens is 1850 g/mol. The van der Waals surface area contributed by atoms with E-state index in [1.807, 2.05) is 102 Å². The Bertz CT molecular complexity index is 6370. The lowest BCUT2D eigenvalue weighted by Crippen LogP contribution is -2.13. The first-order valence-corrected chi connectivity index (χ1v) is 46.0. The van der Waals surface area contributed by atoms with Crippen LogP contribution in [0, 0.1) is 23.3 Å². The number of pyridine rings is 4. The number of aliphatic hydroxyl groups excluding tert-OH is 3. The smallest absolute Gasteiger partial charge is 0.335 e. The van der Waals surface area contributed by atoms with E-state index in [2.05, 4.69) is 72.4 Å². The van der Waals surface area contributed by atoms with Gasteiger partial charge in [-0.1, -0.05) is 157 Å². The number of Topliss-reactive ketones (excluding diaryl/α,β-unsaturated/α-hetero) is 3. The number of thiophene rings is 4. The van der Waals surface area contributed by atoms with Gasteiger partial charge in [-0.05, 0) is 180 Å². The number of aromatic carboxylic acids is 1. The van der Waals surface area contributed by atoms with Crippen molar-refractivity contribution in [3.8, 4) is 79.5 Å². The summed E-state index contributed by atoms with van der Waals surface area (Å²) in [5.74, 6) is 1.51. The van der Waals surface area contributed by atoms with Crippen LogP contribution < -0.4 is 34.2 Å². The molecule has 0 aliphatic carbocycles. The van der Waals surface area contributed by atoms with Crippen LogP contribution in [0.3, 0.4) is 0 Å². The van der Waals surface area contributed by atoms with Crippen LogP contribution in [-0.4, -0.2) is 118 Å². The number of carboxylic acid groups (broad SMARTS) is 1. The van der Waals surface area contributed by atoms with Crippen molar-refractivity contribution in [2.45, 2.75) is 160 Å². The Morgan fingerprint density at radius 3 is 0.948 bits per heavy atom. The maximum absolute atomic E-state index is 14.2. The molecule has 19 nitrogen and oxygen atoms in total. The van der Waals surface area contributed by atoms with Gasteiger partial charge in [-0.25, -0.2) is 42.3 Å². The standard InChI is InChI=1S/C28H28FNO4S.C28H26FNO4S.C18H17BrFNOS.C18H19FN2OS.C9H10O4.5CH4/c2*1-16(2)18-12-22(20-15-35-28-19(20)6-5-7-21(28)29)30-23(13-18)25(32)10-9-24(31)17-8-11-26(33-3)27(14-17)34-4;1-10(2)11-6-15(21-16(7-11)17(22)8-19)13-9-23-18-12(13)4-3-5-14(18)20;1-10(2)11-6-15(21-16(7-11)17(22)8-20)13-9-23-18-12(13)4-3-5-14(18)19;1-12-7-4-3-6(9(10)11)5-8(7)13-2;;;;;/h5-8,11-16,25,32H,9-10H2,1-4H3;5-8,11-16H,9-10H2,1-4H3;3-7,9-10,17,22H,8H2,1-2H3;3-7,9-10,17,22H,8,20H2,1-2H3;3-5H,1-2H3,(H,10,11);5*1H4. The Hall–Kier alpha value is -11.7. The highest BCUT2D eigenvalue weighted by molar-refractivity contribution is 9.09. The van der Waals surface area contributed by atoms with Crippen LogP contribution in [-0.2, 0) is 0 Å². The van der Waals surface area contributed by atoms with Crippen molar-refractivity contribution in [2.75, 3.05) is 54.5 Å². The molecule has 0 spiro atoms. The molecule has 0 saturated carbocycles. The lowest BCUT2D eigenvalue weighted by Gasteiger charge is -2.15. The maximum atomic E-state index is 14.2. The number of alkyl halides is 1. The highest BCUT2D eigenvalue weighted by atomic mass is 79.9. The van der Waals surface area contributed by atoms with Gasteiger partial charge in [0, 0.05) is 108 Å². The lowest BCUT2D eigenvalue weighted by molar-refractivity contribution is 0.0695. The monoisotopic (exact) mass is 1970 g/mol. The van der Waals surface area contributed by atoms with Crippen molar-refractivity contribution in [3.05, 3.63) is 282 Å². The number of carboxylic acids is 1. The number of ketones is 3. The van der Waals surface area contributed by atoms with Crippen molar-refractivity contribution in [2.24, 2.45) is 5.73 Å². The Labute approximate surface area is 807 Å². The summed E-state index contributed by atoms with van der Waals surface area (Å²) in [7, 11) is 9.05. The van der Waals surface area contributed by atoms with Gasteiger partial charge in [0.15, 0.2) is 51.8 Å². The number of nitrogens with two attached hydrogens (primary N) is 1. The largest absolute Gasteiger partial charge is 0.493 e. The highest BCUT2D eigenvalue weighted by Gasteiger charge is 2.25. The number of rotatable bonds is 29. The average Bonchev–Trinajstić information content (AvgIpc) is 1.63. The van der Waals surface area contributed by atoms with Crippen molar-refractivity contribution in [1.82, 2.24) is 19.9 Å². The molecule has 15 aromatic rings. The summed E-state index contributed by atoms with van der Waals surface area (Å²) < 4.78 is 89.6. The quantitative estimate of drug-likeness (QED) is 0.0165. The number of carbonyl (C=O) groups is 4. The van der Waals surface area contributed by atoms with Gasteiger partial charge < -0.3 is 54.6 Å². The third kappa shape index (κ3) is 26.7. The molecule has 0 saturated heterocycles. The molecule has 0 radical (unpaired) electrons. The summed E-state index contributed by atoms with van der Waals surface area (Å²) in [4.78, 5) is 67.7. The molecule has 0 bridgehead atoms. The number of fused-ring (bicyclic) bond motifs is 4. The van der Waals surface area contributed by atoms with E-state index in [9.17, 15) is 52.1 Å². The van der Waals surface area contributed by atoms with Crippen LogP contribution >= 0.6 is 61.3 Å². The first kappa shape index (κ1) is 111. The van der Waals surface area contributed by atoms with Crippen LogP contribution in [0.25, 0.3) is 85.4 Å². The third-order valence-corrected chi connectivity index (χ3v) is 26.0. The first-order valence-electron chi connectivity index (χ1n) is 41.4. The molecule has 0 fully saturated rings. The molecule has 3 atom stereocenters. The number of nitrogens with zero attached hydrogens (tertiary/aromatic N) is 4. The van der Waals surface area contributed by atoms with E-state index in [4.69, 9.17) is 44.2 Å². The Balaban J connectivity index is 0.000000263. The summed E-state index contributed by atoms with van der Waals surface area (Å²) in [5.41, 5.74) is 19.1. The number of methoxy groups -OCH3 is 6. The fraction of sp³-hybridized carbons (Fsp3) is 0.302. The molecule has 3 unspecified atom stereocenters. The highest BCUT2D eigenvalue weighted by Crippen LogP contribution is 2.43. The third-order valence-electron chi connectivity index (χ3n) is 21.4. The number of benzene rings is 7. The number of hydrogen-bond donors (Lipinski definition) is 5. The van der Waals surface area contributed by atoms with Crippen molar-refractivity contribution in [1.29, 1.82) is 0 Å². The van der Waals surface area contributed by atoms with Crippen molar-refractivity contribution < 1.29 is 85.6 Å². The molecule has 8 heterocycles. The van der Waals surface area contributed by atoms with Crippen LogP contribution in [0.2, 0.25) is 0 Å². The minimum Gasteiger partial charge on any atom is -0.493 e. The topological polar surface area (TPSA) is 282 Å². The molecule has 134 heavy (non-hydrogen) atoms. The zero-order chi connectivity index (χ0) is 93.2. The zero-order valence-electron chi connectivity index (χ0n) is 73.6. The lowest BCUT2D eigenvalue weighted by atomic mass is 9.97. The minimum atomic E-state index is -0.985. The Morgan fingerprint density at radius 2 is 0.642 bits per heavy atom. The zero-order valence-corrected chi connectivity index (χ0v) is 78.4. The van der Waals surface area contributed by atoms with E-state index in [0.717, 1.165) is 77.4 Å². The van der Waals surface area contributed by atoms with E-state index in [1.165, 1.54) is 124 Å². The van der Waals surface area contributed by atoms with Gasteiger partial charge in [-0.2, -0.15) is 0 Å². The Morgan fingerprint density at radius 1 is 0.358 bits per heavy atom. The number of ether oxygens (including phenoxy) is 6. The van der Waals surface area contributed by atoms with E-state index in [-0.39, 0.29) is 127 Å².